The maximum Gasteiger partial charge on any atom is 0.329 e. The number of carboxylic acids is 1. The molecule has 1 aromatic rings. The Morgan fingerprint density at radius 1 is 1.29 bits per heavy atom. The number of carbonyl (C=O) groups is 3. The molecule has 1 rings (SSSR count). The molecule has 1 aromatic carbocycles. The summed E-state index contributed by atoms with van der Waals surface area (Å²) < 4.78 is 5.46. The predicted octanol–water partition coefficient (Wildman–Crippen LogP) is 1.76. The van der Waals surface area contributed by atoms with Crippen LogP contribution in [-0.2, 0) is 20.7 Å². The second-order valence-electron chi connectivity index (χ2n) is 4.04. The molecule has 114 valence electrons. The van der Waals surface area contributed by atoms with E-state index in [9.17, 15) is 14.4 Å². The van der Waals surface area contributed by atoms with Crippen molar-refractivity contribution in [3.8, 4) is 0 Å². The summed E-state index contributed by atoms with van der Waals surface area (Å²) in [6.45, 7) is 0.845. The first-order chi connectivity index (χ1) is 9.92. The van der Waals surface area contributed by atoms with E-state index in [2.05, 4.69) is 26.0 Å². The van der Waals surface area contributed by atoms with Gasteiger partial charge in [0.25, 0.3) is 5.91 Å². The number of urea groups is 1. The van der Waals surface area contributed by atoms with Crippen molar-refractivity contribution in [2.75, 3.05) is 18.5 Å². The second kappa shape index (κ2) is 8.38. The van der Waals surface area contributed by atoms with E-state index in [1.54, 1.807) is 12.1 Å². The number of ether oxygens (including phenoxy) is 1. The molecule has 0 saturated carbocycles. The number of halogens is 1. The number of hydrogen-bond donors (Lipinski definition) is 3. The van der Waals surface area contributed by atoms with Crippen LogP contribution < -0.4 is 10.6 Å². The van der Waals surface area contributed by atoms with Gasteiger partial charge in [-0.05, 0) is 30.2 Å². The van der Waals surface area contributed by atoms with Crippen LogP contribution in [0.1, 0.15) is 12.5 Å². The molecule has 0 heterocycles. The smallest absolute Gasteiger partial charge is 0.329 e. The SMILES string of the molecule is CCc1cc(Br)ccc1NC(=O)NC(=O)COCC(=O)O. The highest BCUT2D eigenvalue weighted by atomic mass is 79.9. The van der Waals surface area contributed by atoms with Gasteiger partial charge in [-0.15, -0.1) is 0 Å². The number of rotatable bonds is 6. The van der Waals surface area contributed by atoms with E-state index in [-0.39, 0.29) is 0 Å². The summed E-state index contributed by atoms with van der Waals surface area (Å²) in [6.07, 6.45) is 0.713. The third kappa shape index (κ3) is 6.37. The molecule has 0 spiro atoms. The average Bonchev–Trinajstić information content (AvgIpc) is 2.40. The highest BCUT2D eigenvalue weighted by Gasteiger charge is 2.10. The summed E-state index contributed by atoms with van der Waals surface area (Å²) in [7, 11) is 0. The Bertz CT molecular complexity index is 547. The number of anilines is 1. The van der Waals surface area contributed by atoms with Gasteiger partial charge >= 0.3 is 12.0 Å². The summed E-state index contributed by atoms with van der Waals surface area (Å²) in [5.74, 6) is -1.90. The molecule has 0 aliphatic carbocycles. The van der Waals surface area contributed by atoms with Gasteiger partial charge in [0.15, 0.2) is 0 Å². The minimum Gasteiger partial charge on any atom is -0.480 e. The van der Waals surface area contributed by atoms with Crippen LogP contribution >= 0.6 is 15.9 Å². The fraction of sp³-hybridized carbons (Fsp3) is 0.308. The summed E-state index contributed by atoms with van der Waals surface area (Å²) >= 11 is 3.34. The fourth-order valence-corrected chi connectivity index (χ4v) is 1.93. The number of carbonyl (C=O) groups excluding carboxylic acids is 2. The van der Waals surface area contributed by atoms with Gasteiger partial charge in [0.2, 0.25) is 0 Å². The van der Waals surface area contributed by atoms with Crippen molar-refractivity contribution in [1.82, 2.24) is 5.32 Å². The number of benzene rings is 1. The molecule has 21 heavy (non-hydrogen) atoms. The number of amides is 3. The third-order valence-corrected chi connectivity index (χ3v) is 2.90. The maximum absolute atomic E-state index is 11.6. The van der Waals surface area contributed by atoms with Crippen molar-refractivity contribution in [2.45, 2.75) is 13.3 Å². The first-order valence-corrected chi connectivity index (χ1v) is 6.90. The largest absolute Gasteiger partial charge is 0.480 e. The Hall–Kier alpha value is -1.93. The van der Waals surface area contributed by atoms with Gasteiger partial charge in [-0.25, -0.2) is 9.59 Å². The van der Waals surface area contributed by atoms with Crippen LogP contribution in [0.5, 0.6) is 0 Å². The molecule has 7 nitrogen and oxygen atoms in total. The molecular formula is C13H15BrN2O5. The lowest BCUT2D eigenvalue weighted by Crippen LogP contribution is -2.37. The molecule has 3 amide bonds. The van der Waals surface area contributed by atoms with Crippen LogP contribution in [0.2, 0.25) is 0 Å². The van der Waals surface area contributed by atoms with Gasteiger partial charge in [-0.3, -0.25) is 10.1 Å². The summed E-state index contributed by atoms with van der Waals surface area (Å²) in [5.41, 5.74) is 1.51. The maximum atomic E-state index is 11.6. The fourth-order valence-electron chi connectivity index (χ4n) is 1.52. The topological polar surface area (TPSA) is 105 Å². The van der Waals surface area contributed by atoms with Crippen LogP contribution in [0.15, 0.2) is 22.7 Å². The van der Waals surface area contributed by atoms with E-state index in [1.807, 2.05) is 18.3 Å². The number of nitrogens with one attached hydrogen (secondary N) is 2. The van der Waals surface area contributed by atoms with Crippen LogP contribution in [0, 0.1) is 0 Å². The molecule has 0 aromatic heterocycles. The van der Waals surface area contributed by atoms with Crippen LogP contribution in [0.25, 0.3) is 0 Å². The zero-order valence-electron chi connectivity index (χ0n) is 11.3. The minimum absolute atomic E-state index is 0.499. The number of hydrogen-bond acceptors (Lipinski definition) is 4. The molecular weight excluding hydrogens is 344 g/mol. The molecule has 0 bridgehead atoms. The monoisotopic (exact) mass is 358 g/mol. The van der Waals surface area contributed by atoms with E-state index in [0.29, 0.717) is 12.1 Å². The quantitative estimate of drug-likeness (QED) is 0.718. The van der Waals surface area contributed by atoms with Crippen molar-refractivity contribution < 1.29 is 24.2 Å². The van der Waals surface area contributed by atoms with E-state index in [1.165, 1.54) is 0 Å². The van der Waals surface area contributed by atoms with E-state index in [4.69, 9.17) is 5.11 Å². The minimum atomic E-state index is -1.19. The summed E-state index contributed by atoms with van der Waals surface area (Å²) in [4.78, 5) is 33.2. The summed E-state index contributed by atoms with van der Waals surface area (Å²) in [6, 6.07) is 4.66. The Labute approximate surface area is 129 Å². The van der Waals surface area contributed by atoms with Gasteiger partial charge in [0.1, 0.15) is 13.2 Å². The van der Waals surface area contributed by atoms with Crippen molar-refractivity contribution in [2.24, 2.45) is 0 Å². The molecule has 0 unspecified atom stereocenters. The molecule has 0 radical (unpaired) electrons. The first-order valence-electron chi connectivity index (χ1n) is 6.11. The zero-order valence-corrected chi connectivity index (χ0v) is 12.9. The van der Waals surface area contributed by atoms with Crippen LogP contribution in [0.4, 0.5) is 10.5 Å². The molecule has 0 fully saturated rings. The Morgan fingerprint density at radius 3 is 2.62 bits per heavy atom. The highest BCUT2D eigenvalue weighted by Crippen LogP contribution is 2.21. The van der Waals surface area contributed by atoms with Crippen LogP contribution in [0.3, 0.4) is 0 Å². The first kappa shape index (κ1) is 17.1. The third-order valence-electron chi connectivity index (χ3n) is 2.41. The second-order valence-corrected chi connectivity index (χ2v) is 4.96. The number of aliphatic carboxylic acids is 1. The zero-order chi connectivity index (χ0) is 15.8. The molecule has 8 heteroatoms. The Balaban J connectivity index is 2.50. The molecule has 0 aliphatic heterocycles. The van der Waals surface area contributed by atoms with Gasteiger partial charge in [0, 0.05) is 10.2 Å². The molecule has 3 N–H and O–H groups in total. The van der Waals surface area contributed by atoms with Gasteiger partial charge < -0.3 is 15.2 Å². The molecule has 0 atom stereocenters. The van der Waals surface area contributed by atoms with E-state index < -0.39 is 31.1 Å². The number of aryl methyl sites for hydroxylation is 1. The lowest BCUT2D eigenvalue weighted by molar-refractivity contribution is -0.143. The predicted molar refractivity (Wildman–Crippen MR) is 79.1 cm³/mol. The van der Waals surface area contributed by atoms with Gasteiger partial charge in [0.05, 0.1) is 0 Å². The van der Waals surface area contributed by atoms with E-state index in [0.717, 1.165) is 10.0 Å². The average molecular weight is 359 g/mol. The standard InChI is InChI=1S/C13H15BrN2O5/c1-2-8-5-9(14)3-4-10(8)15-13(20)16-11(17)6-21-7-12(18)19/h3-5H,2,6-7H2,1H3,(H,18,19)(H2,15,16,17,20). The van der Waals surface area contributed by atoms with E-state index >= 15 is 0 Å². The van der Waals surface area contributed by atoms with Crippen molar-refractivity contribution in [3.63, 3.8) is 0 Å². The van der Waals surface area contributed by atoms with Crippen molar-refractivity contribution in [3.05, 3.63) is 28.2 Å². The normalized spacial score (nSPS) is 10.0. The Morgan fingerprint density at radius 2 is 2.00 bits per heavy atom. The van der Waals surface area contributed by atoms with Gasteiger partial charge in [-0.2, -0.15) is 0 Å². The Kier molecular flexibility index (Phi) is 6.83. The number of carboxylic acid groups (broad SMARTS) is 1. The van der Waals surface area contributed by atoms with Crippen LogP contribution in [-0.4, -0.2) is 36.2 Å². The summed E-state index contributed by atoms with van der Waals surface area (Å²) in [5, 5.41) is 12.9. The lowest BCUT2D eigenvalue weighted by Gasteiger charge is -2.11. The number of imide groups is 1. The van der Waals surface area contributed by atoms with Gasteiger partial charge in [-0.1, -0.05) is 22.9 Å². The molecule has 0 aliphatic rings. The highest BCUT2D eigenvalue weighted by molar-refractivity contribution is 9.10. The lowest BCUT2D eigenvalue weighted by atomic mass is 10.1. The molecule has 0 saturated heterocycles. The van der Waals surface area contributed by atoms with Crippen molar-refractivity contribution in [1.29, 1.82) is 0 Å². The van der Waals surface area contributed by atoms with Crippen molar-refractivity contribution >= 4 is 39.5 Å².